The molecular weight excluding hydrogens is 539 g/mol. The second kappa shape index (κ2) is 9.36. The first-order valence-electron chi connectivity index (χ1n) is 15.0. The molecule has 41 heavy (non-hydrogen) atoms. The summed E-state index contributed by atoms with van der Waals surface area (Å²) in [7, 11) is 0. The van der Waals surface area contributed by atoms with Gasteiger partial charge < -0.3 is 14.6 Å². The minimum atomic E-state index is -5.83. The van der Waals surface area contributed by atoms with Gasteiger partial charge in [0.1, 0.15) is 5.60 Å². The molecule has 1 heterocycles. The molecule has 0 aromatic heterocycles. The number of benzene rings is 1. The second-order valence-electron chi connectivity index (χ2n) is 14.3. The van der Waals surface area contributed by atoms with Gasteiger partial charge in [0.15, 0.2) is 5.79 Å². The van der Waals surface area contributed by atoms with Crippen LogP contribution in [-0.4, -0.2) is 41.8 Å². The van der Waals surface area contributed by atoms with E-state index in [9.17, 15) is 18.3 Å². The van der Waals surface area contributed by atoms with Crippen molar-refractivity contribution < 1.29 is 36.5 Å². The zero-order valence-corrected chi connectivity index (χ0v) is 24.1. The number of halogens is 5. The van der Waals surface area contributed by atoms with Crippen LogP contribution in [-0.2, 0) is 9.47 Å². The molecule has 1 aromatic carbocycles. The minimum absolute atomic E-state index is 0.0433. The average molecular weight is 581 g/mol. The van der Waals surface area contributed by atoms with E-state index in [-0.39, 0.29) is 36.0 Å². The monoisotopic (exact) mass is 580 g/mol. The Hall–Kier alpha value is -1.77. The molecule has 3 saturated carbocycles. The van der Waals surface area contributed by atoms with E-state index in [2.05, 4.69) is 20.4 Å². The molecule has 1 spiro atoms. The van der Waals surface area contributed by atoms with Crippen LogP contribution in [0, 0.1) is 28.6 Å². The number of hydrogen-bond acceptors (Lipinski definition) is 3. The number of ether oxygens (including phenoxy) is 2. The van der Waals surface area contributed by atoms with Crippen LogP contribution in [0.25, 0.3) is 6.08 Å². The van der Waals surface area contributed by atoms with E-state index in [0.717, 1.165) is 30.4 Å². The largest absolute Gasteiger partial charge is 0.456 e. The molecule has 4 unspecified atom stereocenters. The van der Waals surface area contributed by atoms with Gasteiger partial charge in [-0.3, -0.25) is 0 Å². The maximum atomic E-state index is 15.2. The third kappa shape index (κ3) is 4.28. The van der Waals surface area contributed by atoms with Crippen molar-refractivity contribution in [2.45, 2.75) is 102 Å². The minimum Gasteiger partial charge on any atom is -0.383 e. The molecule has 1 aromatic rings. The molecule has 1 aliphatic heterocycles. The normalized spacial score (nSPS) is 38.3. The molecule has 226 valence electrons. The maximum absolute atomic E-state index is 15.2. The van der Waals surface area contributed by atoms with Crippen LogP contribution in [0.3, 0.4) is 0 Å². The van der Waals surface area contributed by atoms with Gasteiger partial charge in [-0.2, -0.15) is 22.0 Å². The molecule has 6 rings (SSSR count). The number of hydrogen-bond donors (Lipinski definition) is 1. The Bertz CT molecular complexity index is 1220. The number of rotatable bonds is 3. The first-order valence-corrected chi connectivity index (χ1v) is 15.0. The van der Waals surface area contributed by atoms with E-state index in [4.69, 9.17) is 9.47 Å². The molecule has 8 heteroatoms. The molecule has 6 atom stereocenters. The molecule has 4 fully saturated rings. The van der Waals surface area contributed by atoms with Crippen molar-refractivity contribution in [3.8, 4) is 0 Å². The van der Waals surface area contributed by atoms with E-state index in [1.807, 2.05) is 24.3 Å². The molecule has 1 saturated heterocycles. The average Bonchev–Trinajstić information content (AvgIpc) is 3.21. The van der Waals surface area contributed by atoms with E-state index in [0.29, 0.717) is 26.1 Å². The third-order valence-electron chi connectivity index (χ3n) is 11.4. The Kier molecular flexibility index (Phi) is 6.69. The molecule has 4 aliphatic carbocycles. The highest BCUT2D eigenvalue weighted by Gasteiger charge is 2.79. The van der Waals surface area contributed by atoms with Gasteiger partial charge >= 0.3 is 12.1 Å². The molecule has 1 N–H and O–H groups in total. The summed E-state index contributed by atoms with van der Waals surface area (Å²) in [5.74, 6) is -6.57. The third-order valence-corrected chi connectivity index (χ3v) is 11.4. The van der Waals surface area contributed by atoms with Crippen molar-refractivity contribution >= 4 is 6.08 Å². The van der Waals surface area contributed by atoms with Crippen molar-refractivity contribution in [2.75, 3.05) is 13.2 Å². The van der Waals surface area contributed by atoms with Gasteiger partial charge in [0.05, 0.1) is 13.2 Å². The topological polar surface area (TPSA) is 38.7 Å². The van der Waals surface area contributed by atoms with Crippen LogP contribution in [0.4, 0.5) is 22.0 Å². The fraction of sp³-hybridized carbons (Fsp3) is 0.697. The van der Waals surface area contributed by atoms with Crippen LogP contribution in [0.1, 0.15) is 89.2 Å². The fourth-order valence-electron chi connectivity index (χ4n) is 9.15. The quantitative estimate of drug-likeness (QED) is 0.288. The van der Waals surface area contributed by atoms with Crippen molar-refractivity contribution in [2.24, 2.45) is 28.6 Å². The zero-order valence-electron chi connectivity index (χ0n) is 24.1. The Labute approximate surface area is 239 Å². The molecule has 5 aliphatic rings. The molecule has 0 amide bonds. The smallest absolute Gasteiger partial charge is 0.383 e. The molecule has 0 radical (unpaired) electrons. The lowest BCUT2D eigenvalue weighted by atomic mass is 9.49. The van der Waals surface area contributed by atoms with E-state index in [1.165, 1.54) is 18.1 Å². The Morgan fingerprint density at radius 2 is 1.59 bits per heavy atom. The fourth-order valence-corrected chi connectivity index (χ4v) is 9.15. The van der Waals surface area contributed by atoms with Crippen LogP contribution in [0.15, 0.2) is 42.0 Å². The summed E-state index contributed by atoms with van der Waals surface area (Å²) in [5, 5.41) is 11.5. The van der Waals surface area contributed by atoms with Crippen molar-refractivity contribution in [3.05, 3.63) is 53.1 Å². The highest BCUT2D eigenvalue weighted by atomic mass is 19.4. The lowest BCUT2D eigenvalue weighted by molar-refractivity contribution is -0.362. The maximum Gasteiger partial charge on any atom is 0.456 e. The van der Waals surface area contributed by atoms with Crippen molar-refractivity contribution in [1.29, 1.82) is 0 Å². The zero-order chi connectivity index (χ0) is 29.6. The van der Waals surface area contributed by atoms with Crippen LogP contribution >= 0.6 is 0 Å². The number of aliphatic hydroxyl groups is 1. The number of alkyl halides is 5. The van der Waals surface area contributed by atoms with Gasteiger partial charge in [0.2, 0.25) is 0 Å². The first-order chi connectivity index (χ1) is 19.1. The predicted octanol–water partition coefficient (Wildman–Crippen LogP) is 8.44. The lowest BCUT2D eigenvalue weighted by Gasteiger charge is -2.57. The van der Waals surface area contributed by atoms with Gasteiger partial charge in [0, 0.05) is 29.6 Å². The predicted molar refractivity (Wildman–Crippen MR) is 146 cm³/mol. The van der Waals surface area contributed by atoms with Gasteiger partial charge in [-0.15, -0.1) is 0 Å². The Morgan fingerprint density at radius 1 is 0.927 bits per heavy atom. The molecular formula is C33H41F5O3. The van der Waals surface area contributed by atoms with Crippen LogP contribution in [0.5, 0.6) is 0 Å². The summed E-state index contributed by atoms with van der Waals surface area (Å²) in [6, 6.07) is 7.69. The highest BCUT2D eigenvalue weighted by molar-refractivity contribution is 5.49. The molecule has 3 nitrogen and oxygen atoms in total. The van der Waals surface area contributed by atoms with Gasteiger partial charge in [-0.25, -0.2) is 0 Å². The SMILES string of the molecule is C=Cc1ccc([C@H]2C[C@@]3(C)C(CCC3(O)C(F)(F)C(F)(F)F)C3CCC4CC5(CCC4=C32)OCC(C)(C)CO5)cc1. The number of allylic oxidation sites excluding steroid dienone is 2. The second-order valence-corrected chi connectivity index (χ2v) is 14.3. The lowest BCUT2D eigenvalue weighted by Crippen LogP contribution is -2.65. The van der Waals surface area contributed by atoms with E-state index in [1.54, 1.807) is 6.08 Å². The van der Waals surface area contributed by atoms with Crippen molar-refractivity contribution in [1.82, 2.24) is 0 Å². The Balaban J connectivity index is 1.42. The summed E-state index contributed by atoms with van der Waals surface area (Å²) in [6.45, 7) is 10.8. The van der Waals surface area contributed by atoms with Gasteiger partial charge in [-0.05, 0) is 67.4 Å². The van der Waals surface area contributed by atoms with E-state index >= 15 is 8.78 Å². The summed E-state index contributed by atoms with van der Waals surface area (Å²) < 4.78 is 84.4. The standard InChI is InChI=1S/C33H41F5O3/c1-5-20-6-8-21(9-7-20)25-17-29(4)26(13-15-31(29,39)32(34,35)33(36,37)38)24-11-10-22-16-30(14-12-23(22)27(24)25)40-18-28(2,3)19-41-30/h5-9,22,24-26,39H,1,10-19H2,2-4H3/t22?,24?,25-,26?,29+,31?/m1/s1. The summed E-state index contributed by atoms with van der Waals surface area (Å²) in [4.78, 5) is 0. The van der Waals surface area contributed by atoms with Gasteiger partial charge in [0.25, 0.3) is 0 Å². The summed E-state index contributed by atoms with van der Waals surface area (Å²) in [5.41, 5.74) is -0.507. The highest BCUT2D eigenvalue weighted by Crippen LogP contribution is 2.71. The summed E-state index contributed by atoms with van der Waals surface area (Å²) >= 11 is 0. The van der Waals surface area contributed by atoms with Crippen LogP contribution in [0.2, 0.25) is 0 Å². The van der Waals surface area contributed by atoms with E-state index < -0.39 is 41.2 Å². The Morgan fingerprint density at radius 3 is 2.20 bits per heavy atom. The van der Waals surface area contributed by atoms with Crippen LogP contribution < -0.4 is 0 Å². The summed E-state index contributed by atoms with van der Waals surface area (Å²) in [6.07, 6.45) is -0.793. The number of fused-ring (bicyclic) bond motifs is 4. The van der Waals surface area contributed by atoms with Crippen molar-refractivity contribution in [3.63, 3.8) is 0 Å². The van der Waals surface area contributed by atoms with Gasteiger partial charge in [-0.1, -0.05) is 68.8 Å². The first kappa shape index (κ1) is 29.3. The molecule has 0 bridgehead atoms.